The van der Waals surface area contributed by atoms with E-state index in [1.165, 1.54) is 0 Å². The van der Waals surface area contributed by atoms with Gasteiger partial charge < -0.3 is 14.8 Å². The number of nitrogens with one attached hydrogen (secondary N) is 1. The summed E-state index contributed by atoms with van der Waals surface area (Å²) >= 11 is 0. The van der Waals surface area contributed by atoms with Crippen molar-refractivity contribution in [1.29, 1.82) is 0 Å². The van der Waals surface area contributed by atoms with E-state index < -0.39 is 0 Å². The van der Waals surface area contributed by atoms with Crippen LogP contribution in [-0.4, -0.2) is 23.7 Å². The summed E-state index contributed by atoms with van der Waals surface area (Å²) in [5.41, 5.74) is 0.994. The molecule has 2 N–H and O–H groups in total. The molecule has 1 aliphatic carbocycles. The molecule has 100 valence electrons. The van der Waals surface area contributed by atoms with Gasteiger partial charge in [0.2, 0.25) is 0 Å². The van der Waals surface area contributed by atoms with Crippen LogP contribution in [0.3, 0.4) is 0 Å². The number of amides is 1. The van der Waals surface area contributed by atoms with Gasteiger partial charge in [0.1, 0.15) is 5.76 Å². The number of hydrogen-bond acceptors (Lipinski definition) is 3. The van der Waals surface area contributed by atoms with Gasteiger partial charge in [-0.25, -0.2) is 0 Å². The van der Waals surface area contributed by atoms with Gasteiger partial charge in [-0.2, -0.15) is 0 Å². The molecular weight excluding hydrogens is 230 g/mol. The normalized spacial score (nSPS) is 23.9. The van der Waals surface area contributed by atoms with Gasteiger partial charge in [-0.15, -0.1) is 0 Å². The molecule has 4 heteroatoms. The van der Waals surface area contributed by atoms with Gasteiger partial charge in [0.25, 0.3) is 5.91 Å². The van der Waals surface area contributed by atoms with Crippen LogP contribution < -0.4 is 5.32 Å². The molecule has 0 radical (unpaired) electrons. The second-order valence-electron chi connectivity index (χ2n) is 5.25. The van der Waals surface area contributed by atoms with Crippen molar-refractivity contribution >= 4 is 5.91 Å². The third-order valence-electron chi connectivity index (χ3n) is 3.70. The van der Waals surface area contributed by atoms with Crippen LogP contribution in [0.15, 0.2) is 10.5 Å². The second-order valence-corrected chi connectivity index (χ2v) is 5.25. The van der Waals surface area contributed by atoms with Crippen molar-refractivity contribution in [3.63, 3.8) is 0 Å². The first-order valence-corrected chi connectivity index (χ1v) is 6.59. The lowest BCUT2D eigenvalue weighted by Crippen LogP contribution is -2.32. The molecule has 1 saturated carbocycles. The lowest BCUT2D eigenvalue weighted by atomic mass is 9.87. The molecule has 4 nitrogen and oxygen atoms in total. The molecule has 1 aromatic rings. The Hall–Kier alpha value is -1.29. The van der Waals surface area contributed by atoms with E-state index >= 15 is 0 Å². The first-order chi connectivity index (χ1) is 8.56. The summed E-state index contributed by atoms with van der Waals surface area (Å²) in [5.74, 6) is 1.38. The predicted molar refractivity (Wildman–Crippen MR) is 68.5 cm³/mol. The summed E-state index contributed by atoms with van der Waals surface area (Å²) in [4.78, 5) is 11.9. The molecule has 2 unspecified atom stereocenters. The van der Waals surface area contributed by atoms with Gasteiger partial charge >= 0.3 is 0 Å². The summed E-state index contributed by atoms with van der Waals surface area (Å²) in [5, 5.41) is 12.5. The molecule has 1 amide bonds. The molecule has 18 heavy (non-hydrogen) atoms. The van der Waals surface area contributed by atoms with Crippen LogP contribution >= 0.6 is 0 Å². The molecule has 1 heterocycles. The monoisotopic (exact) mass is 251 g/mol. The SMILES string of the molecule is Cc1cc(C(=O)NCC2CCCC(O)C2)oc1C. The minimum absolute atomic E-state index is 0.161. The zero-order valence-corrected chi connectivity index (χ0v) is 11.0. The Morgan fingerprint density at radius 3 is 2.89 bits per heavy atom. The fraction of sp³-hybridized carbons (Fsp3) is 0.643. The maximum absolute atomic E-state index is 11.9. The molecular formula is C14H21NO3. The summed E-state index contributed by atoms with van der Waals surface area (Å²) in [6, 6.07) is 1.76. The van der Waals surface area contributed by atoms with E-state index in [0.717, 1.165) is 37.0 Å². The van der Waals surface area contributed by atoms with Crippen LogP contribution in [0, 0.1) is 19.8 Å². The van der Waals surface area contributed by atoms with Gasteiger partial charge in [-0.3, -0.25) is 4.79 Å². The van der Waals surface area contributed by atoms with Crippen molar-refractivity contribution in [2.75, 3.05) is 6.54 Å². The van der Waals surface area contributed by atoms with Crippen LogP contribution in [-0.2, 0) is 0 Å². The third-order valence-corrected chi connectivity index (χ3v) is 3.70. The molecule has 2 rings (SSSR count). The van der Waals surface area contributed by atoms with E-state index in [1.54, 1.807) is 6.07 Å². The Morgan fingerprint density at radius 1 is 1.50 bits per heavy atom. The van der Waals surface area contributed by atoms with Gasteiger partial charge in [-0.05, 0) is 50.7 Å². The van der Waals surface area contributed by atoms with Crippen molar-refractivity contribution in [3.8, 4) is 0 Å². The Labute approximate surface area is 107 Å². The molecule has 0 bridgehead atoms. The maximum Gasteiger partial charge on any atom is 0.287 e. The highest BCUT2D eigenvalue weighted by Gasteiger charge is 2.21. The predicted octanol–water partition coefficient (Wildman–Crippen LogP) is 2.18. The number of rotatable bonds is 3. The number of carbonyl (C=O) groups is 1. The molecule has 1 fully saturated rings. The Kier molecular flexibility index (Phi) is 4.07. The molecule has 0 aromatic carbocycles. The number of aliphatic hydroxyl groups is 1. The van der Waals surface area contributed by atoms with Gasteiger partial charge in [0.15, 0.2) is 5.76 Å². The van der Waals surface area contributed by atoms with Crippen LogP contribution in [0.4, 0.5) is 0 Å². The van der Waals surface area contributed by atoms with Crippen LogP contribution in [0.1, 0.15) is 47.6 Å². The second kappa shape index (κ2) is 5.57. The van der Waals surface area contributed by atoms with Crippen LogP contribution in [0.5, 0.6) is 0 Å². The Morgan fingerprint density at radius 2 is 2.28 bits per heavy atom. The molecule has 0 saturated heterocycles. The maximum atomic E-state index is 11.9. The molecule has 2 atom stereocenters. The van der Waals surface area contributed by atoms with E-state index in [4.69, 9.17) is 4.42 Å². The van der Waals surface area contributed by atoms with E-state index in [0.29, 0.717) is 18.2 Å². The first-order valence-electron chi connectivity index (χ1n) is 6.59. The van der Waals surface area contributed by atoms with Crippen molar-refractivity contribution in [1.82, 2.24) is 5.32 Å². The number of aryl methyl sites for hydroxylation is 2. The van der Waals surface area contributed by atoms with Crippen LogP contribution in [0.2, 0.25) is 0 Å². The van der Waals surface area contributed by atoms with Crippen molar-refractivity contribution in [3.05, 3.63) is 23.2 Å². The summed E-state index contributed by atoms with van der Waals surface area (Å²) < 4.78 is 5.38. The standard InChI is InChI=1S/C14H21NO3/c1-9-6-13(18-10(9)2)14(17)15-8-11-4-3-5-12(16)7-11/h6,11-12,16H,3-5,7-8H2,1-2H3,(H,15,17). The average molecular weight is 251 g/mol. The highest BCUT2D eigenvalue weighted by molar-refractivity contribution is 5.91. The minimum Gasteiger partial charge on any atom is -0.456 e. The van der Waals surface area contributed by atoms with Crippen molar-refractivity contribution in [2.45, 2.75) is 45.6 Å². The Balaban J connectivity index is 1.84. The van der Waals surface area contributed by atoms with E-state index in [1.807, 2.05) is 13.8 Å². The minimum atomic E-state index is -0.200. The fourth-order valence-electron chi connectivity index (χ4n) is 2.46. The lowest BCUT2D eigenvalue weighted by Gasteiger charge is -2.25. The summed E-state index contributed by atoms with van der Waals surface area (Å²) in [7, 11) is 0. The number of hydrogen-bond donors (Lipinski definition) is 2. The third kappa shape index (κ3) is 3.13. The quantitative estimate of drug-likeness (QED) is 0.865. The topological polar surface area (TPSA) is 62.5 Å². The van der Waals surface area contributed by atoms with E-state index in [-0.39, 0.29) is 12.0 Å². The molecule has 1 aromatic heterocycles. The van der Waals surface area contributed by atoms with Crippen molar-refractivity contribution < 1.29 is 14.3 Å². The molecule has 1 aliphatic rings. The van der Waals surface area contributed by atoms with Gasteiger partial charge in [0, 0.05) is 6.54 Å². The number of furan rings is 1. The van der Waals surface area contributed by atoms with Crippen LogP contribution in [0.25, 0.3) is 0 Å². The number of aliphatic hydroxyl groups excluding tert-OH is 1. The van der Waals surface area contributed by atoms with Gasteiger partial charge in [0.05, 0.1) is 6.10 Å². The zero-order valence-electron chi connectivity index (χ0n) is 11.0. The summed E-state index contributed by atoms with van der Waals surface area (Å²) in [6.45, 7) is 4.39. The van der Waals surface area contributed by atoms with Gasteiger partial charge in [-0.1, -0.05) is 6.42 Å². The fourth-order valence-corrected chi connectivity index (χ4v) is 2.46. The molecule has 0 aliphatic heterocycles. The lowest BCUT2D eigenvalue weighted by molar-refractivity contribution is 0.0853. The Bertz CT molecular complexity index is 405. The summed E-state index contributed by atoms with van der Waals surface area (Å²) in [6.07, 6.45) is 3.60. The highest BCUT2D eigenvalue weighted by atomic mass is 16.3. The smallest absolute Gasteiger partial charge is 0.287 e. The molecule has 0 spiro atoms. The zero-order chi connectivity index (χ0) is 13.1. The number of carbonyl (C=O) groups excluding carboxylic acids is 1. The first kappa shape index (κ1) is 13.1. The van der Waals surface area contributed by atoms with Crippen molar-refractivity contribution in [2.24, 2.45) is 5.92 Å². The van der Waals surface area contributed by atoms with E-state index in [9.17, 15) is 9.90 Å². The largest absolute Gasteiger partial charge is 0.456 e. The average Bonchev–Trinajstić information content (AvgIpc) is 2.67. The highest BCUT2D eigenvalue weighted by Crippen LogP contribution is 2.23. The van der Waals surface area contributed by atoms with E-state index in [2.05, 4.69) is 5.32 Å².